The van der Waals surface area contributed by atoms with Crippen LogP contribution in [0.25, 0.3) is 11.3 Å². The van der Waals surface area contributed by atoms with Crippen molar-refractivity contribution in [1.29, 1.82) is 0 Å². The number of hydrogen-bond acceptors (Lipinski definition) is 2. The van der Waals surface area contributed by atoms with Crippen molar-refractivity contribution in [3.05, 3.63) is 34.4 Å². The zero-order chi connectivity index (χ0) is 10.1. The SMILES string of the molecule is Nc1cn[nH]c1-c1ccc(Cl)c(Cl)c1. The van der Waals surface area contributed by atoms with E-state index in [9.17, 15) is 0 Å². The van der Waals surface area contributed by atoms with Gasteiger partial charge in [0.25, 0.3) is 0 Å². The molecule has 0 bridgehead atoms. The van der Waals surface area contributed by atoms with Crippen molar-refractivity contribution >= 4 is 28.9 Å². The second-order valence-corrected chi connectivity index (χ2v) is 3.64. The first-order chi connectivity index (χ1) is 6.68. The average Bonchev–Trinajstić information content (AvgIpc) is 2.57. The molecule has 0 aliphatic heterocycles. The van der Waals surface area contributed by atoms with E-state index in [1.807, 2.05) is 6.07 Å². The highest BCUT2D eigenvalue weighted by molar-refractivity contribution is 6.42. The summed E-state index contributed by atoms with van der Waals surface area (Å²) >= 11 is 11.7. The largest absolute Gasteiger partial charge is 0.396 e. The molecule has 2 aromatic rings. The molecular formula is C9H7Cl2N3. The van der Waals surface area contributed by atoms with Crippen molar-refractivity contribution in [2.45, 2.75) is 0 Å². The van der Waals surface area contributed by atoms with Crippen molar-refractivity contribution in [2.24, 2.45) is 0 Å². The molecule has 0 spiro atoms. The zero-order valence-electron chi connectivity index (χ0n) is 7.09. The number of benzene rings is 1. The van der Waals surface area contributed by atoms with Gasteiger partial charge in [-0.15, -0.1) is 0 Å². The van der Waals surface area contributed by atoms with E-state index in [-0.39, 0.29) is 0 Å². The van der Waals surface area contributed by atoms with E-state index in [2.05, 4.69) is 10.2 Å². The fourth-order valence-corrected chi connectivity index (χ4v) is 1.48. The summed E-state index contributed by atoms with van der Waals surface area (Å²) < 4.78 is 0. The molecule has 0 unspecified atom stereocenters. The molecule has 0 aliphatic rings. The molecule has 3 nitrogen and oxygen atoms in total. The average molecular weight is 228 g/mol. The number of rotatable bonds is 1. The van der Waals surface area contributed by atoms with Crippen LogP contribution in [0.1, 0.15) is 0 Å². The highest BCUT2D eigenvalue weighted by Crippen LogP contribution is 2.29. The van der Waals surface area contributed by atoms with Crippen LogP contribution in [0.5, 0.6) is 0 Å². The maximum absolute atomic E-state index is 5.88. The lowest BCUT2D eigenvalue weighted by Gasteiger charge is -2.01. The van der Waals surface area contributed by atoms with Crippen LogP contribution in [-0.4, -0.2) is 10.2 Å². The first-order valence-corrected chi connectivity index (χ1v) is 4.68. The maximum atomic E-state index is 5.88. The van der Waals surface area contributed by atoms with Crippen molar-refractivity contribution in [2.75, 3.05) is 5.73 Å². The first kappa shape index (κ1) is 9.37. The summed E-state index contributed by atoms with van der Waals surface area (Å²) in [4.78, 5) is 0. The van der Waals surface area contributed by atoms with Crippen molar-refractivity contribution in [3.8, 4) is 11.3 Å². The lowest BCUT2D eigenvalue weighted by molar-refractivity contribution is 1.10. The van der Waals surface area contributed by atoms with Gasteiger partial charge >= 0.3 is 0 Å². The summed E-state index contributed by atoms with van der Waals surface area (Å²) in [6, 6.07) is 5.30. The highest BCUT2D eigenvalue weighted by atomic mass is 35.5. The Morgan fingerprint density at radius 3 is 2.57 bits per heavy atom. The minimum Gasteiger partial charge on any atom is -0.396 e. The Hall–Kier alpha value is -1.19. The van der Waals surface area contributed by atoms with Gasteiger partial charge in [-0.25, -0.2) is 0 Å². The van der Waals surface area contributed by atoms with Crippen LogP contribution >= 0.6 is 23.2 Å². The molecule has 0 radical (unpaired) electrons. The number of aromatic nitrogens is 2. The molecular weight excluding hydrogens is 221 g/mol. The number of anilines is 1. The second kappa shape index (κ2) is 3.52. The molecule has 0 fully saturated rings. The summed E-state index contributed by atoms with van der Waals surface area (Å²) in [6.07, 6.45) is 1.55. The van der Waals surface area contributed by atoms with E-state index in [1.165, 1.54) is 0 Å². The van der Waals surface area contributed by atoms with Gasteiger partial charge in [-0.05, 0) is 12.1 Å². The highest BCUT2D eigenvalue weighted by Gasteiger charge is 2.06. The molecule has 72 valence electrons. The predicted octanol–water partition coefficient (Wildman–Crippen LogP) is 2.97. The number of hydrogen-bond donors (Lipinski definition) is 2. The first-order valence-electron chi connectivity index (χ1n) is 3.93. The molecule has 5 heteroatoms. The number of nitrogens with two attached hydrogens (primary N) is 1. The number of nitrogen functional groups attached to an aromatic ring is 1. The molecule has 14 heavy (non-hydrogen) atoms. The number of nitrogens with zero attached hydrogens (tertiary/aromatic N) is 1. The molecule has 1 aromatic heterocycles. The fourth-order valence-electron chi connectivity index (χ4n) is 1.18. The Morgan fingerprint density at radius 1 is 1.21 bits per heavy atom. The molecule has 0 saturated carbocycles. The zero-order valence-corrected chi connectivity index (χ0v) is 8.60. The van der Waals surface area contributed by atoms with Gasteiger partial charge in [0, 0.05) is 5.56 Å². The van der Waals surface area contributed by atoms with Gasteiger partial charge in [-0.1, -0.05) is 29.3 Å². The van der Waals surface area contributed by atoms with Crippen LogP contribution in [0.4, 0.5) is 5.69 Å². The Morgan fingerprint density at radius 2 is 2.00 bits per heavy atom. The van der Waals surface area contributed by atoms with Crippen LogP contribution in [0.3, 0.4) is 0 Å². The quantitative estimate of drug-likeness (QED) is 0.788. The standard InChI is InChI=1S/C9H7Cl2N3/c10-6-2-1-5(3-7(6)11)9-8(12)4-13-14-9/h1-4H,12H2,(H,13,14). The van der Waals surface area contributed by atoms with Crippen LogP contribution in [-0.2, 0) is 0 Å². The van der Waals surface area contributed by atoms with Gasteiger partial charge < -0.3 is 5.73 Å². The minimum atomic E-state index is 0.498. The lowest BCUT2D eigenvalue weighted by Crippen LogP contribution is -1.86. The molecule has 0 amide bonds. The van der Waals surface area contributed by atoms with Gasteiger partial charge in [0.15, 0.2) is 0 Å². The number of nitrogens with one attached hydrogen (secondary N) is 1. The van der Waals surface area contributed by atoms with Crippen LogP contribution < -0.4 is 5.73 Å². The molecule has 1 aromatic carbocycles. The minimum absolute atomic E-state index is 0.498. The van der Waals surface area contributed by atoms with Gasteiger partial charge in [0.2, 0.25) is 0 Å². The number of H-pyrrole nitrogens is 1. The molecule has 0 atom stereocenters. The molecule has 0 saturated heterocycles. The van der Waals surface area contributed by atoms with Gasteiger partial charge in [-0.3, -0.25) is 5.10 Å². The molecule has 3 N–H and O–H groups in total. The molecule has 0 aliphatic carbocycles. The Bertz CT molecular complexity index is 465. The van der Waals surface area contributed by atoms with E-state index < -0.39 is 0 Å². The third-order valence-corrected chi connectivity index (χ3v) is 2.62. The maximum Gasteiger partial charge on any atom is 0.0880 e. The van der Waals surface area contributed by atoms with E-state index in [0.717, 1.165) is 11.3 Å². The van der Waals surface area contributed by atoms with Gasteiger partial charge in [0.1, 0.15) is 0 Å². The van der Waals surface area contributed by atoms with E-state index in [4.69, 9.17) is 28.9 Å². The summed E-state index contributed by atoms with van der Waals surface area (Å²) in [7, 11) is 0. The topological polar surface area (TPSA) is 54.7 Å². The number of halogens is 2. The fraction of sp³-hybridized carbons (Fsp3) is 0. The third kappa shape index (κ3) is 1.56. The second-order valence-electron chi connectivity index (χ2n) is 2.83. The third-order valence-electron chi connectivity index (χ3n) is 1.88. The van der Waals surface area contributed by atoms with Crippen LogP contribution in [0, 0.1) is 0 Å². The monoisotopic (exact) mass is 227 g/mol. The molecule has 1 heterocycles. The lowest BCUT2D eigenvalue weighted by atomic mass is 10.1. The van der Waals surface area contributed by atoms with Gasteiger partial charge in [0.05, 0.1) is 27.6 Å². The number of aromatic amines is 1. The van der Waals surface area contributed by atoms with Crippen LogP contribution in [0.15, 0.2) is 24.4 Å². The Kier molecular flexibility index (Phi) is 2.35. The van der Waals surface area contributed by atoms with Crippen molar-refractivity contribution < 1.29 is 0 Å². The van der Waals surface area contributed by atoms with E-state index in [1.54, 1.807) is 18.3 Å². The van der Waals surface area contributed by atoms with E-state index >= 15 is 0 Å². The Balaban J connectivity index is 2.53. The van der Waals surface area contributed by atoms with Crippen molar-refractivity contribution in [1.82, 2.24) is 10.2 Å². The van der Waals surface area contributed by atoms with Gasteiger partial charge in [-0.2, -0.15) is 5.10 Å². The summed E-state index contributed by atoms with van der Waals surface area (Å²) in [5.74, 6) is 0. The molecule has 2 rings (SSSR count). The summed E-state index contributed by atoms with van der Waals surface area (Å²) in [5, 5.41) is 7.64. The van der Waals surface area contributed by atoms with Crippen molar-refractivity contribution in [3.63, 3.8) is 0 Å². The van der Waals surface area contributed by atoms with E-state index in [0.29, 0.717) is 15.7 Å². The normalized spacial score (nSPS) is 10.4. The smallest absolute Gasteiger partial charge is 0.0880 e. The summed E-state index contributed by atoms with van der Waals surface area (Å²) in [5.41, 5.74) is 7.90. The Labute approximate surface area is 90.8 Å². The predicted molar refractivity (Wildman–Crippen MR) is 58.5 cm³/mol. The van der Waals surface area contributed by atoms with Crippen LogP contribution in [0.2, 0.25) is 10.0 Å². The summed E-state index contributed by atoms with van der Waals surface area (Å²) in [6.45, 7) is 0.